The molecule has 0 N–H and O–H groups in total. The van der Waals surface area contributed by atoms with E-state index in [9.17, 15) is 4.79 Å². The van der Waals surface area contributed by atoms with Gasteiger partial charge in [0.25, 0.3) is 0 Å². The summed E-state index contributed by atoms with van der Waals surface area (Å²) in [5, 5.41) is 0. The topological polar surface area (TPSA) is 26.3 Å². The first-order valence-electron chi connectivity index (χ1n) is 7.29. The van der Waals surface area contributed by atoms with Gasteiger partial charge in [0.1, 0.15) is 6.61 Å². The van der Waals surface area contributed by atoms with Crippen LogP contribution in [-0.4, -0.2) is 5.97 Å². The van der Waals surface area contributed by atoms with E-state index in [-0.39, 0.29) is 12.6 Å². The van der Waals surface area contributed by atoms with Crippen molar-refractivity contribution < 1.29 is 9.53 Å². The summed E-state index contributed by atoms with van der Waals surface area (Å²) in [6, 6.07) is 25.4. The van der Waals surface area contributed by atoms with Crippen LogP contribution in [0, 0.1) is 0 Å². The molecule has 23 heavy (non-hydrogen) atoms. The number of esters is 1. The lowest BCUT2D eigenvalue weighted by Crippen LogP contribution is -2.04. The number of ether oxygens (including phenoxy) is 1. The molecule has 0 spiro atoms. The second kappa shape index (κ2) is 7.25. The molecule has 0 aliphatic heterocycles. The molecular formula is C20H15BrO2. The summed E-state index contributed by atoms with van der Waals surface area (Å²) in [5.41, 5.74) is 3.84. The smallest absolute Gasteiger partial charge is 0.338 e. The van der Waals surface area contributed by atoms with Crippen molar-refractivity contribution in [2.75, 3.05) is 0 Å². The van der Waals surface area contributed by atoms with Crippen LogP contribution in [0.15, 0.2) is 83.3 Å². The van der Waals surface area contributed by atoms with Crippen molar-refractivity contribution in [2.24, 2.45) is 0 Å². The molecule has 0 amide bonds. The summed E-state index contributed by atoms with van der Waals surface area (Å²) in [5.74, 6) is -0.315. The van der Waals surface area contributed by atoms with Crippen LogP contribution in [0.5, 0.6) is 0 Å². The number of halogens is 1. The molecule has 3 heteroatoms. The Morgan fingerprint density at radius 2 is 1.39 bits per heavy atom. The minimum Gasteiger partial charge on any atom is -0.457 e. The highest BCUT2D eigenvalue weighted by Gasteiger charge is 2.07. The highest BCUT2D eigenvalue weighted by molar-refractivity contribution is 9.10. The van der Waals surface area contributed by atoms with Gasteiger partial charge in [-0.15, -0.1) is 0 Å². The second-order valence-electron chi connectivity index (χ2n) is 5.15. The minimum atomic E-state index is -0.315. The van der Waals surface area contributed by atoms with Crippen molar-refractivity contribution in [3.8, 4) is 11.1 Å². The van der Waals surface area contributed by atoms with Crippen LogP contribution >= 0.6 is 15.9 Å². The molecule has 0 saturated carbocycles. The summed E-state index contributed by atoms with van der Waals surface area (Å²) in [7, 11) is 0. The highest BCUT2D eigenvalue weighted by atomic mass is 79.9. The highest BCUT2D eigenvalue weighted by Crippen LogP contribution is 2.19. The van der Waals surface area contributed by atoms with E-state index in [1.54, 1.807) is 12.1 Å². The maximum absolute atomic E-state index is 12.0. The molecule has 3 aromatic rings. The van der Waals surface area contributed by atoms with Crippen molar-refractivity contribution in [1.29, 1.82) is 0 Å². The lowest BCUT2D eigenvalue weighted by molar-refractivity contribution is 0.0472. The van der Waals surface area contributed by atoms with Gasteiger partial charge < -0.3 is 4.74 Å². The molecule has 0 fully saturated rings. The van der Waals surface area contributed by atoms with Crippen LogP contribution in [0.3, 0.4) is 0 Å². The van der Waals surface area contributed by atoms with Gasteiger partial charge in [0.2, 0.25) is 0 Å². The predicted octanol–water partition coefficient (Wildman–Crippen LogP) is 5.47. The Kier molecular flexibility index (Phi) is 4.89. The summed E-state index contributed by atoms with van der Waals surface area (Å²) in [6.45, 7) is 0.268. The van der Waals surface area contributed by atoms with Crippen LogP contribution in [0.25, 0.3) is 11.1 Å². The predicted molar refractivity (Wildman–Crippen MR) is 95.1 cm³/mol. The Morgan fingerprint density at radius 3 is 2.04 bits per heavy atom. The molecule has 0 aliphatic rings. The maximum Gasteiger partial charge on any atom is 0.338 e. The molecule has 0 unspecified atom stereocenters. The molecule has 0 radical (unpaired) electrons. The first-order chi connectivity index (χ1) is 11.2. The quantitative estimate of drug-likeness (QED) is 0.572. The summed E-state index contributed by atoms with van der Waals surface area (Å²) in [6.07, 6.45) is 0. The fourth-order valence-corrected chi connectivity index (χ4v) is 2.51. The van der Waals surface area contributed by atoms with E-state index in [2.05, 4.69) is 28.1 Å². The SMILES string of the molecule is O=C(OCc1ccc(-c2ccccc2)cc1)c1ccc(Br)cc1. The normalized spacial score (nSPS) is 10.3. The van der Waals surface area contributed by atoms with Gasteiger partial charge in [0.15, 0.2) is 0 Å². The third-order valence-corrected chi connectivity index (χ3v) is 4.04. The molecule has 3 aromatic carbocycles. The van der Waals surface area contributed by atoms with Crippen LogP contribution in [-0.2, 0) is 11.3 Å². The Hall–Kier alpha value is -2.39. The largest absolute Gasteiger partial charge is 0.457 e. The molecule has 0 bridgehead atoms. The van der Waals surface area contributed by atoms with E-state index in [0.717, 1.165) is 15.6 Å². The van der Waals surface area contributed by atoms with Gasteiger partial charge in [-0.25, -0.2) is 4.79 Å². The zero-order chi connectivity index (χ0) is 16.1. The first-order valence-corrected chi connectivity index (χ1v) is 8.09. The lowest BCUT2D eigenvalue weighted by atomic mass is 10.0. The number of benzene rings is 3. The van der Waals surface area contributed by atoms with Crippen LogP contribution in [0.2, 0.25) is 0 Å². The monoisotopic (exact) mass is 366 g/mol. The van der Waals surface area contributed by atoms with Crippen molar-refractivity contribution in [3.05, 3.63) is 94.5 Å². The van der Waals surface area contributed by atoms with E-state index < -0.39 is 0 Å². The Morgan fingerprint density at radius 1 is 0.783 bits per heavy atom. The fraction of sp³-hybridized carbons (Fsp3) is 0.0500. The summed E-state index contributed by atoms with van der Waals surface area (Å²) >= 11 is 3.34. The minimum absolute atomic E-state index is 0.268. The second-order valence-corrected chi connectivity index (χ2v) is 6.06. The zero-order valence-electron chi connectivity index (χ0n) is 12.4. The van der Waals surface area contributed by atoms with Gasteiger partial charge >= 0.3 is 5.97 Å². The third kappa shape index (κ3) is 4.08. The zero-order valence-corrected chi connectivity index (χ0v) is 14.0. The van der Waals surface area contributed by atoms with Gasteiger partial charge in [0.05, 0.1) is 5.56 Å². The van der Waals surface area contributed by atoms with Crippen LogP contribution in [0.1, 0.15) is 15.9 Å². The molecule has 0 atom stereocenters. The van der Waals surface area contributed by atoms with E-state index in [1.807, 2.05) is 54.6 Å². The molecule has 0 heterocycles. The standard InChI is InChI=1S/C20H15BrO2/c21-19-12-10-18(11-13-19)20(22)23-14-15-6-8-17(9-7-15)16-4-2-1-3-5-16/h1-13H,14H2. The van der Waals surface area contributed by atoms with E-state index >= 15 is 0 Å². The Bertz CT molecular complexity index is 778. The number of hydrogen-bond donors (Lipinski definition) is 0. The van der Waals surface area contributed by atoms with E-state index in [0.29, 0.717) is 5.56 Å². The van der Waals surface area contributed by atoms with Gasteiger partial charge in [-0.1, -0.05) is 70.5 Å². The molecule has 114 valence electrons. The first kappa shape index (κ1) is 15.5. The Labute approximate surface area is 143 Å². The fourth-order valence-electron chi connectivity index (χ4n) is 2.24. The average Bonchev–Trinajstić information content (AvgIpc) is 2.61. The number of carbonyl (C=O) groups excluding carboxylic acids is 1. The molecule has 0 saturated heterocycles. The number of hydrogen-bond acceptors (Lipinski definition) is 2. The van der Waals surface area contributed by atoms with Crippen molar-refractivity contribution in [3.63, 3.8) is 0 Å². The van der Waals surface area contributed by atoms with Gasteiger partial charge in [-0.2, -0.15) is 0 Å². The van der Waals surface area contributed by atoms with Crippen LogP contribution < -0.4 is 0 Å². The van der Waals surface area contributed by atoms with E-state index in [4.69, 9.17) is 4.74 Å². The lowest BCUT2D eigenvalue weighted by Gasteiger charge is -2.07. The molecule has 3 rings (SSSR count). The Balaban J connectivity index is 1.62. The molecule has 0 aromatic heterocycles. The van der Waals surface area contributed by atoms with E-state index in [1.165, 1.54) is 5.56 Å². The molecule has 2 nitrogen and oxygen atoms in total. The molecular weight excluding hydrogens is 352 g/mol. The maximum atomic E-state index is 12.0. The summed E-state index contributed by atoms with van der Waals surface area (Å²) in [4.78, 5) is 12.0. The van der Waals surface area contributed by atoms with Gasteiger partial charge in [0, 0.05) is 4.47 Å². The van der Waals surface area contributed by atoms with Gasteiger partial charge in [-0.05, 0) is 41.0 Å². The van der Waals surface area contributed by atoms with Crippen LogP contribution in [0.4, 0.5) is 0 Å². The third-order valence-electron chi connectivity index (χ3n) is 3.51. The average molecular weight is 367 g/mol. The van der Waals surface area contributed by atoms with Crippen molar-refractivity contribution >= 4 is 21.9 Å². The van der Waals surface area contributed by atoms with Crippen molar-refractivity contribution in [2.45, 2.75) is 6.61 Å². The van der Waals surface area contributed by atoms with Gasteiger partial charge in [-0.3, -0.25) is 0 Å². The molecule has 0 aliphatic carbocycles. The van der Waals surface area contributed by atoms with Crippen molar-refractivity contribution in [1.82, 2.24) is 0 Å². The number of carbonyl (C=O) groups is 1. The number of rotatable bonds is 4. The summed E-state index contributed by atoms with van der Waals surface area (Å²) < 4.78 is 6.28.